The molecule has 0 aromatic carbocycles. The zero-order chi connectivity index (χ0) is 11.4. The quantitative estimate of drug-likeness (QED) is 0.643. The van der Waals surface area contributed by atoms with Gasteiger partial charge in [0.25, 0.3) is 5.91 Å². The van der Waals surface area contributed by atoms with Crippen molar-refractivity contribution in [1.29, 1.82) is 0 Å². The maximum absolute atomic E-state index is 12.0. The molecule has 0 spiro atoms. The molecule has 0 aliphatic carbocycles. The van der Waals surface area contributed by atoms with Crippen LogP contribution in [0.2, 0.25) is 0 Å². The summed E-state index contributed by atoms with van der Waals surface area (Å²) in [7, 11) is 1.26. The molecule has 0 saturated carbocycles. The first kappa shape index (κ1) is 11.8. The van der Waals surface area contributed by atoms with E-state index in [2.05, 4.69) is 16.6 Å². The summed E-state index contributed by atoms with van der Waals surface area (Å²) >= 11 is 4.04. The molecule has 0 unspecified atom stereocenters. The summed E-state index contributed by atoms with van der Waals surface area (Å²) in [5.74, 6) is 0.0199. The van der Waals surface area contributed by atoms with Crippen LogP contribution in [0.25, 0.3) is 0 Å². The van der Waals surface area contributed by atoms with Gasteiger partial charge in [-0.15, -0.1) is 11.7 Å². The van der Waals surface area contributed by atoms with E-state index < -0.39 is 0 Å². The van der Waals surface area contributed by atoms with Crippen LogP contribution < -0.4 is 0 Å². The van der Waals surface area contributed by atoms with Crippen molar-refractivity contribution in [2.45, 2.75) is 5.03 Å². The van der Waals surface area contributed by atoms with Crippen molar-refractivity contribution in [3.05, 3.63) is 23.9 Å². The van der Waals surface area contributed by atoms with Crippen LogP contribution in [-0.4, -0.2) is 42.1 Å². The number of amides is 1. The van der Waals surface area contributed by atoms with Crippen LogP contribution in [0.4, 0.5) is 0 Å². The molecule has 0 atom stereocenters. The molecular formula is C10H12N2O2S2. The van der Waals surface area contributed by atoms with Crippen molar-refractivity contribution < 1.29 is 9.53 Å². The van der Waals surface area contributed by atoms with E-state index in [1.165, 1.54) is 10.8 Å². The number of aromatic nitrogens is 1. The van der Waals surface area contributed by atoms with Crippen LogP contribution in [0.3, 0.4) is 0 Å². The van der Waals surface area contributed by atoms with Crippen LogP contribution in [-0.2, 0) is 4.74 Å². The molecule has 2 rings (SSSR count). The van der Waals surface area contributed by atoms with Crippen LogP contribution in [0.5, 0.6) is 0 Å². The number of ether oxygens (including phenoxy) is 1. The summed E-state index contributed by atoms with van der Waals surface area (Å²) in [6.07, 6.45) is 1.59. The molecule has 1 saturated heterocycles. The summed E-state index contributed by atoms with van der Waals surface area (Å²) < 4.78 is 5.20. The van der Waals surface area contributed by atoms with E-state index in [1.54, 1.807) is 23.2 Å². The molecule has 1 aromatic rings. The Morgan fingerprint density at radius 1 is 1.44 bits per heavy atom. The van der Waals surface area contributed by atoms with Crippen LogP contribution in [0.1, 0.15) is 10.4 Å². The van der Waals surface area contributed by atoms with E-state index in [0.717, 1.165) is 5.03 Å². The smallest absolute Gasteiger partial charge is 0.255 e. The van der Waals surface area contributed by atoms with Crippen molar-refractivity contribution in [2.75, 3.05) is 26.3 Å². The van der Waals surface area contributed by atoms with Gasteiger partial charge in [-0.2, -0.15) is 0 Å². The van der Waals surface area contributed by atoms with Gasteiger partial charge in [0.15, 0.2) is 0 Å². The second kappa shape index (κ2) is 5.56. The number of hydrogen-bond acceptors (Lipinski definition) is 5. The van der Waals surface area contributed by atoms with E-state index in [1.807, 2.05) is 0 Å². The van der Waals surface area contributed by atoms with Gasteiger partial charge in [-0.25, -0.2) is 4.98 Å². The van der Waals surface area contributed by atoms with E-state index in [4.69, 9.17) is 4.74 Å². The zero-order valence-electron chi connectivity index (χ0n) is 8.63. The predicted molar refractivity (Wildman–Crippen MR) is 65.8 cm³/mol. The molecule has 4 nitrogen and oxygen atoms in total. The molecule has 1 aromatic heterocycles. The predicted octanol–water partition coefficient (Wildman–Crippen LogP) is 1.49. The lowest BCUT2D eigenvalue weighted by molar-refractivity contribution is 0.0302. The van der Waals surface area contributed by atoms with Gasteiger partial charge in [-0.3, -0.25) is 4.79 Å². The highest BCUT2D eigenvalue weighted by Crippen LogP contribution is 2.18. The Balaban J connectivity index is 2.07. The van der Waals surface area contributed by atoms with Gasteiger partial charge in [-0.05, 0) is 22.9 Å². The maximum Gasteiger partial charge on any atom is 0.255 e. The second-order valence-corrected chi connectivity index (χ2v) is 4.53. The highest BCUT2D eigenvalue weighted by molar-refractivity contribution is 8.68. The molecule has 0 N–H and O–H groups in total. The lowest BCUT2D eigenvalue weighted by atomic mass is 10.2. The van der Waals surface area contributed by atoms with Crippen molar-refractivity contribution in [3.63, 3.8) is 0 Å². The molecular weight excluding hydrogens is 244 g/mol. The molecule has 1 aliphatic heterocycles. The Bertz CT molecular complexity index is 364. The van der Waals surface area contributed by atoms with E-state index in [9.17, 15) is 4.79 Å². The standard InChI is InChI=1S/C10H12N2O2S2/c13-10(12-3-5-14-6-4-12)8-1-2-9(16-15)11-7-8/h1-2,7,15H,3-6H2. The van der Waals surface area contributed by atoms with Crippen LogP contribution in [0.15, 0.2) is 23.4 Å². The minimum Gasteiger partial charge on any atom is -0.378 e. The van der Waals surface area contributed by atoms with Gasteiger partial charge in [0.05, 0.1) is 18.8 Å². The minimum absolute atomic E-state index is 0.0199. The highest BCUT2D eigenvalue weighted by Gasteiger charge is 2.18. The van der Waals surface area contributed by atoms with Crippen LogP contribution >= 0.6 is 22.5 Å². The minimum atomic E-state index is 0.0199. The fraction of sp³-hybridized carbons (Fsp3) is 0.400. The number of hydrogen-bond donors (Lipinski definition) is 1. The summed E-state index contributed by atoms with van der Waals surface area (Å²) in [6, 6.07) is 3.58. The Hall–Kier alpha value is -0.720. The van der Waals surface area contributed by atoms with Gasteiger partial charge in [0.1, 0.15) is 5.03 Å². The van der Waals surface area contributed by atoms with E-state index in [-0.39, 0.29) is 5.91 Å². The average molecular weight is 256 g/mol. The molecule has 6 heteroatoms. The third-order valence-corrected chi connectivity index (χ3v) is 3.36. The normalized spacial score (nSPS) is 16.2. The van der Waals surface area contributed by atoms with Gasteiger partial charge in [0, 0.05) is 19.3 Å². The average Bonchev–Trinajstić information content (AvgIpc) is 2.39. The Labute approximate surface area is 103 Å². The first-order valence-electron chi connectivity index (χ1n) is 4.96. The molecule has 86 valence electrons. The molecule has 16 heavy (non-hydrogen) atoms. The SMILES string of the molecule is O=C(c1ccc(SS)nc1)N1CCOCC1. The summed E-state index contributed by atoms with van der Waals surface area (Å²) in [6.45, 7) is 2.54. The number of pyridine rings is 1. The molecule has 2 heterocycles. The third-order valence-electron chi connectivity index (χ3n) is 2.38. The third kappa shape index (κ3) is 2.69. The van der Waals surface area contributed by atoms with Gasteiger partial charge in [-0.1, -0.05) is 0 Å². The fourth-order valence-electron chi connectivity index (χ4n) is 1.51. The first-order chi connectivity index (χ1) is 7.81. The maximum atomic E-state index is 12.0. The first-order valence-corrected chi connectivity index (χ1v) is 6.82. The second-order valence-electron chi connectivity index (χ2n) is 3.38. The van der Waals surface area contributed by atoms with Crippen LogP contribution in [0, 0.1) is 0 Å². The van der Waals surface area contributed by atoms with Gasteiger partial charge in [0.2, 0.25) is 0 Å². The number of carbonyl (C=O) groups excluding carboxylic acids is 1. The van der Waals surface area contributed by atoms with Crippen molar-refractivity contribution in [1.82, 2.24) is 9.88 Å². The molecule has 1 fully saturated rings. The molecule has 1 amide bonds. The van der Waals surface area contributed by atoms with Crippen molar-refractivity contribution in [3.8, 4) is 0 Å². The largest absolute Gasteiger partial charge is 0.378 e. The monoisotopic (exact) mass is 256 g/mol. The highest BCUT2D eigenvalue weighted by atomic mass is 33.1. The van der Waals surface area contributed by atoms with Gasteiger partial charge >= 0.3 is 0 Å². The van der Waals surface area contributed by atoms with E-state index >= 15 is 0 Å². The number of morpholine rings is 1. The summed E-state index contributed by atoms with van der Waals surface area (Å²) in [4.78, 5) is 17.9. The number of rotatable bonds is 2. The molecule has 0 bridgehead atoms. The zero-order valence-corrected chi connectivity index (χ0v) is 10.3. The number of nitrogens with zero attached hydrogens (tertiary/aromatic N) is 2. The molecule has 1 aliphatic rings. The van der Waals surface area contributed by atoms with Crippen molar-refractivity contribution >= 4 is 28.4 Å². The fourth-order valence-corrected chi connectivity index (χ4v) is 2.06. The lowest BCUT2D eigenvalue weighted by Gasteiger charge is -2.26. The number of carbonyl (C=O) groups is 1. The van der Waals surface area contributed by atoms with Gasteiger partial charge < -0.3 is 9.64 Å². The summed E-state index contributed by atoms with van der Waals surface area (Å²) in [5.41, 5.74) is 0.619. The lowest BCUT2D eigenvalue weighted by Crippen LogP contribution is -2.40. The van der Waals surface area contributed by atoms with Crippen molar-refractivity contribution in [2.24, 2.45) is 0 Å². The van der Waals surface area contributed by atoms with E-state index in [0.29, 0.717) is 31.9 Å². The topological polar surface area (TPSA) is 42.4 Å². The Morgan fingerprint density at radius 2 is 2.19 bits per heavy atom. The summed E-state index contributed by atoms with van der Waals surface area (Å²) in [5, 5.41) is 0.793. The Morgan fingerprint density at radius 3 is 2.75 bits per heavy atom. The Kier molecular flexibility index (Phi) is 4.09. The number of thiol groups is 1. The molecule has 0 radical (unpaired) electrons.